The van der Waals surface area contributed by atoms with Crippen LogP contribution >= 0.6 is 11.6 Å². The summed E-state index contributed by atoms with van der Waals surface area (Å²) >= 11 is 6.64. The zero-order valence-electron chi connectivity index (χ0n) is 10.8. The Kier molecular flexibility index (Phi) is 4.09. The first-order chi connectivity index (χ1) is 8.09. The highest BCUT2D eigenvalue weighted by Gasteiger charge is 2.36. The molecule has 0 spiro atoms. The van der Waals surface area contributed by atoms with Gasteiger partial charge in [-0.15, -0.1) is 11.6 Å². The molecule has 1 aliphatic rings. The normalized spacial score (nSPS) is 25.5. The maximum absolute atomic E-state index is 6.64. The van der Waals surface area contributed by atoms with E-state index in [9.17, 15) is 0 Å². The second-order valence-corrected chi connectivity index (χ2v) is 6.44. The second-order valence-electron chi connectivity index (χ2n) is 5.88. The first kappa shape index (κ1) is 12.9. The summed E-state index contributed by atoms with van der Waals surface area (Å²) in [6.07, 6.45) is 8.02. The van der Waals surface area contributed by atoms with Crippen LogP contribution in [0.1, 0.15) is 45.2 Å². The fourth-order valence-electron chi connectivity index (χ4n) is 3.05. The maximum Gasteiger partial charge on any atom is 0.0424 e. The predicted molar refractivity (Wildman–Crippen MR) is 73.3 cm³/mol. The van der Waals surface area contributed by atoms with Gasteiger partial charge in [0, 0.05) is 23.7 Å². The third-order valence-corrected chi connectivity index (χ3v) is 4.62. The molecule has 0 bridgehead atoms. The molecule has 1 fully saturated rings. The highest BCUT2D eigenvalue weighted by Crippen LogP contribution is 2.44. The number of nitrogens with zero attached hydrogens (tertiary/aromatic N) is 1. The van der Waals surface area contributed by atoms with E-state index in [4.69, 9.17) is 11.6 Å². The maximum atomic E-state index is 6.64. The number of rotatable bonds is 3. The minimum Gasteiger partial charge on any atom is -0.261 e. The molecule has 1 aromatic heterocycles. The number of pyridine rings is 1. The molecule has 0 aliphatic heterocycles. The molecule has 2 rings (SSSR count). The summed E-state index contributed by atoms with van der Waals surface area (Å²) in [5.74, 6) is 0.625. The van der Waals surface area contributed by atoms with Crippen LogP contribution in [0.3, 0.4) is 0 Å². The molecule has 0 amide bonds. The van der Waals surface area contributed by atoms with Crippen molar-refractivity contribution in [1.29, 1.82) is 0 Å². The molecular formula is C15H22ClN. The second kappa shape index (κ2) is 5.39. The lowest BCUT2D eigenvalue weighted by molar-refractivity contribution is 0.132. The van der Waals surface area contributed by atoms with Crippen molar-refractivity contribution in [2.75, 3.05) is 0 Å². The average Bonchev–Trinajstić information content (AvgIpc) is 2.29. The van der Waals surface area contributed by atoms with Crippen LogP contribution in [0.5, 0.6) is 0 Å². The first-order valence-electron chi connectivity index (χ1n) is 6.63. The van der Waals surface area contributed by atoms with Gasteiger partial charge in [0.25, 0.3) is 0 Å². The minimum atomic E-state index is 0.222. The fraction of sp³-hybridized carbons (Fsp3) is 0.667. The number of aromatic nitrogens is 1. The van der Waals surface area contributed by atoms with Gasteiger partial charge in [0.15, 0.2) is 0 Å². The van der Waals surface area contributed by atoms with Gasteiger partial charge in [-0.25, -0.2) is 0 Å². The van der Waals surface area contributed by atoms with Gasteiger partial charge in [-0.3, -0.25) is 4.98 Å². The molecule has 94 valence electrons. The number of alkyl halides is 1. The lowest BCUT2D eigenvalue weighted by Crippen LogP contribution is -2.35. The van der Waals surface area contributed by atoms with E-state index in [0.717, 1.165) is 12.1 Å². The molecule has 0 N–H and O–H groups in total. The SMILES string of the molecule is CC1(C)CCCCC1C(Cl)Cc1ccccn1. The van der Waals surface area contributed by atoms with Gasteiger partial charge in [0.1, 0.15) is 0 Å². The topological polar surface area (TPSA) is 12.9 Å². The fourth-order valence-corrected chi connectivity index (χ4v) is 3.68. The van der Waals surface area contributed by atoms with Crippen LogP contribution in [0, 0.1) is 11.3 Å². The van der Waals surface area contributed by atoms with Crippen LogP contribution in [-0.4, -0.2) is 10.4 Å². The third kappa shape index (κ3) is 3.22. The quantitative estimate of drug-likeness (QED) is 0.724. The summed E-state index contributed by atoms with van der Waals surface area (Å²) < 4.78 is 0. The Labute approximate surface area is 110 Å². The Balaban J connectivity index is 2.02. The number of hydrogen-bond acceptors (Lipinski definition) is 1. The summed E-state index contributed by atoms with van der Waals surface area (Å²) in [6, 6.07) is 6.07. The van der Waals surface area contributed by atoms with E-state index in [1.54, 1.807) is 0 Å². The van der Waals surface area contributed by atoms with Crippen LogP contribution in [0.15, 0.2) is 24.4 Å². The smallest absolute Gasteiger partial charge is 0.0424 e. The van der Waals surface area contributed by atoms with Gasteiger partial charge in [-0.1, -0.05) is 32.8 Å². The molecule has 1 aromatic rings. The van der Waals surface area contributed by atoms with E-state index in [2.05, 4.69) is 24.9 Å². The van der Waals surface area contributed by atoms with Gasteiger partial charge in [-0.05, 0) is 36.3 Å². The standard InChI is InChI=1S/C15H22ClN/c1-15(2)9-5-3-8-13(15)14(16)11-12-7-4-6-10-17-12/h4,6-7,10,13-14H,3,5,8-9,11H2,1-2H3. The van der Waals surface area contributed by atoms with Crippen LogP contribution < -0.4 is 0 Å². The van der Waals surface area contributed by atoms with Gasteiger partial charge in [0.05, 0.1) is 0 Å². The number of hydrogen-bond donors (Lipinski definition) is 0. The Morgan fingerprint density at radius 2 is 2.24 bits per heavy atom. The molecule has 2 heteroatoms. The Bertz CT molecular complexity index is 347. The molecule has 0 radical (unpaired) electrons. The molecule has 0 aromatic carbocycles. The number of halogens is 1. The van der Waals surface area contributed by atoms with Crippen molar-refractivity contribution in [3.8, 4) is 0 Å². The Hall–Kier alpha value is -0.560. The van der Waals surface area contributed by atoms with Crippen molar-refractivity contribution in [3.63, 3.8) is 0 Å². The monoisotopic (exact) mass is 251 g/mol. The first-order valence-corrected chi connectivity index (χ1v) is 7.07. The van der Waals surface area contributed by atoms with Crippen molar-refractivity contribution >= 4 is 11.6 Å². The lowest BCUT2D eigenvalue weighted by Gasteiger charge is -2.41. The van der Waals surface area contributed by atoms with E-state index < -0.39 is 0 Å². The largest absolute Gasteiger partial charge is 0.261 e. The molecule has 1 nitrogen and oxygen atoms in total. The van der Waals surface area contributed by atoms with Crippen molar-refractivity contribution < 1.29 is 0 Å². The summed E-state index contributed by atoms with van der Waals surface area (Å²) in [5.41, 5.74) is 1.51. The Morgan fingerprint density at radius 3 is 2.88 bits per heavy atom. The zero-order valence-corrected chi connectivity index (χ0v) is 11.6. The van der Waals surface area contributed by atoms with Gasteiger partial charge in [0.2, 0.25) is 0 Å². The molecule has 2 atom stereocenters. The lowest BCUT2D eigenvalue weighted by atomic mass is 9.67. The highest BCUT2D eigenvalue weighted by molar-refractivity contribution is 6.21. The van der Waals surface area contributed by atoms with Gasteiger partial charge in [-0.2, -0.15) is 0 Å². The summed E-state index contributed by atoms with van der Waals surface area (Å²) in [5, 5.41) is 0.222. The average molecular weight is 252 g/mol. The third-order valence-electron chi connectivity index (χ3n) is 4.16. The molecule has 2 unspecified atom stereocenters. The minimum absolute atomic E-state index is 0.222. The summed E-state index contributed by atoms with van der Waals surface area (Å²) in [6.45, 7) is 4.73. The zero-order chi connectivity index (χ0) is 12.3. The van der Waals surface area contributed by atoms with E-state index in [1.165, 1.54) is 25.7 Å². The van der Waals surface area contributed by atoms with Crippen LogP contribution in [0.4, 0.5) is 0 Å². The van der Waals surface area contributed by atoms with Gasteiger partial charge < -0.3 is 0 Å². The van der Waals surface area contributed by atoms with Crippen molar-refractivity contribution in [1.82, 2.24) is 4.98 Å². The van der Waals surface area contributed by atoms with Crippen LogP contribution in [0.25, 0.3) is 0 Å². The molecule has 17 heavy (non-hydrogen) atoms. The van der Waals surface area contributed by atoms with Crippen molar-refractivity contribution in [3.05, 3.63) is 30.1 Å². The molecule has 1 saturated carbocycles. The Morgan fingerprint density at radius 1 is 1.41 bits per heavy atom. The van der Waals surface area contributed by atoms with Gasteiger partial charge >= 0.3 is 0 Å². The van der Waals surface area contributed by atoms with E-state index in [1.807, 2.05) is 18.3 Å². The summed E-state index contributed by atoms with van der Waals surface area (Å²) in [7, 11) is 0. The molecular weight excluding hydrogens is 230 g/mol. The molecule has 1 heterocycles. The molecule has 0 saturated heterocycles. The van der Waals surface area contributed by atoms with Crippen LogP contribution in [-0.2, 0) is 6.42 Å². The predicted octanol–water partition coefficient (Wildman–Crippen LogP) is 4.45. The van der Waals surface area contributed by atoms with E-state index in [0.29, 0.717) is 11.3 Å². The van der Waals surface area contributed by atoms with Crippen LogP contribution in [0.2, 0.25) is 0 Å². The molecule has 1 aliphatic carbocycles. The van der Waals surface area contributed by atoms with E-state index >= 15 is 0 Å². The summed E-state index contributed by atoms with van der Waals surface area (Å²) in [4.78, 5) is 4.38. The van der Waals surface area contributed by atoms with Crippen molar-refractivity contribution in [2.45, 2.75) is 51.3 Å². The van der Waals surface area contributed by atoms with E-state index in [-0.39, 0.29) is 5.38 Å². The van der Waals surface area contributed by atoms with Crippen molar-refractivity contribution in [2.24, 2.45) is 11.3 Å². The highest BCUT2D eigenvalue weighted by atomic mass is 35.5.